The Bertz CT molecular complexity index is 1420. The van der Waals surface area contributed by atoms with E-state index >= 15 is 0 Å². The molecule has 3 aromatic carbocycles. The lowest BCUT2D eigenvalue weighted by Gasteiger charge is -2.27. The second-order valence-electron chi connectivity index (χ2n) is 8.06. The van der Waals surface area contributed by atoms with Crippen molar-refractivity contribution in [3.8, 4) is 11.5 Å². The van der Waals surface area contributed by atoms with Crippen molar-refractivity contribution in [2.75, 3.05) is 11.5 Å². The first-order valence-corrected chi connectivity index (χ1v) is 12.8. The van der Waals surface area contributed by atoms with E-state index in [2.05, 4.69) is 37.2 Å². The summed E-state index contributed by atoms with van der Waals surface area (Å²) in [4.78, 5) is 39.4. The number of aryl methyl sites for hydroxylation is 1. The third kappa shape index (κ3) is 5.91. The summed E-state index contributed by atoms with van der Waals surface area (Å²) in [5.41, 5.74) is 2.17. The summed E-state index contributed by atoms with van der Waals surface area (Å²) in [7, 11) is 0. The Labute approximate surface area is 229 Å². The third-order valence-electron chi connectivity index (χ3n) is 5.47. The van der Waals surface area contributed by atoms with Gasteiger partial charge in [-0.3, -0.25) is 14.9 Å². The van der Waals surface area contributed by atoms with Crippen molar-refractivity contribution in [2.45, 2.75) is 20.5 Å². The van der Waals surface area contributed by atoms with Crippen LogP contribution in [0, 0.1) is 12.7 Å². The summed E-state index contributed by atoms with van der Waals surface area (Å²) in [6.07, 6.45) is 1.39. The van der Waals surface area contributed by atoms with Crippen LogP contribution in [0.15, 0.2) is 69.1 Å². The number of anilines is 1. The number of hydrogen-bond donors (Lipinski definition) is 1. The van der Waals surface area contributed by atoms with E-state index in [0.717, 1.165) is 20.5 Å². The van der Waals surface area contributed by atoms with E-state index in [1.165, 1.54) is 18.2 Å². The Morgan fingerprint density at radius 3 is 2.32 bits per heavy atom. The molecule has 0 unspecified atom stereocenters. The minimum absolute atomic E-state index is 0.178. The van der Waals surface area contributed by atoms with E-state index < -0.39 is 17.8 Å². The van der Waals surface area contributed by atoms with Crippen molar-refractivity contribution < 1.29 is 28.2 Å². The van der Waals surface area contributed by atoms with Gasteiger partial charge in [-0.1, -0.05) is 44.0 Å². The van der Waals surface area contributed by atoms with Crippen LogP contribution in [-0.4, -0.2) is 24.5 Å². The molecule has 1 heterocycles. The fourth-order valence-corrected chi connectivity index (χ4v) is 4.28. The van der Waals surface area contributed by atoms with Crippen molar-refractivity contribution in [2.24, 2.45) is 0 Å². The van der Waals surface area contributed by atoms with Gasteiger partial charge in [0.2, 0.25) is 0 Å². The van der Waals surface area contributed by atoms with Gasteiger partial charge in [0.25, 0.3) is 11.8 Å². The van der Waals surface area contributed by atoms with Gasteiger partial charge in [-0.15, -0.1) is 0 Å². The van der Waals surface area contributed by atoms with Crippen LogP contribution in [0.2, 0.25) is 0 Å². The summed E-state index contributed by atoms with van der Waals surface area (Å²) in [6.45, 7) is 4.16. The molecule has 0 spiro atoms. The van der Waals surface area contributed by atoms with Gasteiger partial charge in [-0.2, -0.15) is 0 Å². The first-order valence-electron chi connectivity index (χ1n) is 11.2. The number of carbonyl (C=O) groups excluding carboxylic acids is 3. The van der Waals surface area contributed by atoms with Crippen LogP contribution in [0.1, 0.15) is 23.6 Å². The Balaban J connectivity index is 1.66. The number of ether oxygens (including phenoxy) is 2. The number of urea groups is 1. The van der Waals surface area contributed by atoms with Crippen molar-refractivity contribution in [1.29, 1.82) is 0 Å². The van der Waals surface area contributed by atoms with Crippen LogP contribution < -0.4 is 19.7 Å². The molecule has 1 N–H and O–H groups in total. The molecule has 190 valence electrons. The Hall–Kier alpha value is -3.50. The van der Waals surface area contributed by atoms with E-state index in [-0.39, 0.29) is 18.0 Å². The van der Waals surface area contributed by atoms with Gasteiger partial charge < -0.3 is 9.47 Å². The highest BCUT2D eigenvalue weighted by Gasteiger charge is 2.37. The maximum atomic E-state index is 13.3. The molecule has 0 aliphatic carbocycles. The lowest BCUT2D eigenvalue weighted by Crippen LogP contribution is -2.54. The van der Waals surface area contributed by atoms with Crippen LogP contribution >= 0.6 is 31.9 Å². The number of nitrogens with one attached hydrogen (secondary N) is 1. The SMILES string of the molecule is CCOc1cc(/C=C2\C(=O)NC(=O)N(c3ccc(Br)c(C)c3)C2=O)c(Br)cc1OCc1ccc(F)cc1. The lowest BCUT2D eigenvalue weighted by atomic mass is 10.1. The zero-order valence-electron chi connectivity index (χ0n) is 19.8. The second-order valence-corrected chi connectivity index (χ2v) is 9.77. The molecule has 1 aliphatic heterocycles. The highest BCUT2D eigenvalue weighted by molar-refractivity contribution is 9.10. The quantitative estimate of drug-likeness (QED) is 0.244. The van der Waals surface area contributed by atoms with Crippen molar-refractivity contribution >= 4 is 61.5 Å². The smallest absolute Gasteiger partial charge is 0.335 e. The fourth-order valence-electron chi connectivity index (χ4n) is 3.60. The van der Waals surface area contributed by atoms with Crippen LogP contribution in [-0.2, 0) is 16.2 Å². The van der Waals surface area contributed by atoms with E-state index in [9.17, 15) is 18.8 Å². The van der Waals surface area contributed by atoms with Crippen LogP contribution in [0.3, 0.4) is 0 Å². The van der Waals surface area contributed by atoms with Gasteiger partial charge >= 0.3 is 6.03 Å². The first kappa shape index (κ1) is 26.6. The van der Waals surface area contributed by atoms with Gasteiger partial charge in [-0.05, 0) is 79.1 Å². The maximum absolute atomic E-state index is 13.3. The van der Waals surface area contributed by atoms with Crippen LogP contribution in [0.25, 0.3) is 6.08 Å². The Kier molecular flexibility index (Phi) is 8.09. The number of halogens is 3. The third-order valence-corrected chi connectivity index (χ3v) is 7.05. The molecule has 1 fully saturated rings. The summed E-state index contributed by atoms with van der Waals surface area (Å²) in [5, 5.41) is 2.23. The number of benzene rings is 3. The van der Waals surface area contributed by atoms with Crippen LogP contribution in [0.5, 0.6) is 11.5 Å². The van der Waals surface area contributed by atoms with E-state index in [0.29, 0.717) is 33.8 Å². The minimum Gasteiger partial charge on any atom is -0.490 e. The monoisotopic (exact) mass is 630 g/mol. The molecule has 1 aliphatic rings. The molecule has 10 heteroatoms. The molecule has 3 aromatic rings. The summed E-state index contributed by atoms with van der Waals surface area (Å²) < 4.78 is 26.2. The lowest BCUT2D eigenvalue weighted by molar-refractivity contribution is -0.122. The molecule has 7 nitrogen and oxygen atoms in total. The minimum atomic E-state index is -0.826. The van der Waals surface area contributed by atoms with E-state index in [4.69, 9.17) is 9.47 Å². The normalized spacial score (nSPS) is 14.7. The number of carbonyl (C=O) groups is 3. The largest absolute Gasteiger partial charge is 0.490 e. The van der Waals surface area contributed by atoms with Gasteiger partial charge in [0.1, 0.15) is 18.0 Å². The van der Waals surface area contributed by atoms with Gasteiger partial charge in [0, 0.05) is 8.95 Å². The molecule has 1 saturated heterocycles. The number of imide groups is 2. The topological polar surface area (TPSA) is 84.9 Å². The first-order chi connectivity index (χ1) is 17.7. The maximum Gasteiger partial charge on any atom is 0.335 e. The van der Waals surface area contributed by atoms with Gasteiger partial charge in [0.15, 0.2) is 11.5 Å². The Morgan fingerprint density at radius 2 is 1.65 bits per heavy atom. The summed E-state index contributed by atoms with van der Waals surface area (Å²) in [6, 6.07) is 13.4. The van der Waals surface area contributed by atoms with E-state index in [1.807, 2.05) is 13.8 Å². The van der Waals surface area contributed by atoms with Crippen LogP contribution in [0.4, 0.5) is 14.9 Å². The number of nitrogens with zero attached hydrogens (tertiary/aromatic N) is 1. The molecule has 4 rings (SSSR count). The molecule has 0 saturated carbocycles. The van der Waals surface area contributed by atoms with Crippen molar-refractivity contribution in [3.63, 3.8) is 0 Å². The molecule has 37 heavy (non-hydrogen) atoms. The number of barbiturate groups is 1. The predicted molar refractivity (Wildman–Crippen MR) is 144 cm³/mol. The number of rotatable bonds is 7. The molecule has 0 bridgehead atoms. The highest BCUT2D eigenvalue weighted by atomic mass is 79.9. The highest BCUT2D eigenvalue weighted by Crippen LogP contribution is 2.36. The van der Waals surface area contributed by atoms with E-state index in [1.54, 1.807) is 42.5 Å². The molecular weight excluding hydrogens is 611 g/mol. The average molecular weight is 632 g/mol. The van der Waals surface area contributed by atoms with Crippen molar-refractivity contribution in [1.82, 2.24) is 5.32 Å². The molecular formula is C27H21Br2FN2O5. The molecule has 0 radical (unpaired) electrons. The molecule has 4 amide bonds. The molecule has 0 atom stereocenters. The fraction of sp³-hybridized carbons (Fsp3) is 0.148. The van der Waals surface area contributed by atoms with Gasteiger partial charge in [-0.25, -0.2) is 14.1 Å². The average Bonchev–Trinajstić information content (AvgIpc) is 2.85. The Morgan fingerprint density at radius 1 is 0.946 bits per heavy atom. The number of amides is 4. The zero-order chi connectivity index (χ0) is 26.7. The summed E-state index contributed by atoms with van der Waals surface area (Å²) in [5.74, 6) is -1.09. The summed E-state index contributed by atoms with van der Waals surface area (Å²) >= 11 is 6.86. The standard InChI is InChI=1S/C27H21Br2FN2O5/c1-3-36-23-12-17(22(29)13-24(23)37-14-16-4-6-18(30)7-5-16)11-20-25(33)31-27(35)32(26(20)34)19-8-9-21(28)15(2)10-19/h4-13H,3,14H2,1-2H3,(H,31,33,35)/b20-11+. The van der Waals surface area contributed by atoms with Crippen molar-refractivity contribution in [3.05, 3.63) is 91.6 Å². The number of hydrogen-bond acceptors (Lipinski definition) is 5. The van der Waals surface area contributed by atoms with Gasteiger partial charge in [0.05, 0.1) is 12.3 Å². The molecule has 0 aromatic heterocycles. The predicted octanol–water partition coefficient (Wildman–Crippen LogP) is 6.30. The zero-order valence-corrected chi connectivity index (χ0v) is 23.0. The second kappa shape index (κ2) is 11.3.